The van der Waals surface area contributed by atoms with Gasteiger partial charge in [0.25, 0.3) is 5.91 Å². The lowest BCUT2D eigenvalue weighted by Crippen LogP contribution is -2.22. The fourth-order valence-electron chi connectivity index (χ4n) is 1.66. The summed E-state index contributed by atoms with van der Waals surface area (Å²) in [5.41, 5.74) is 1.01. The van der Waals surface area contributed by atoms with Gasteiger partial charge in [-0.25, -0.2) is 0 Å². The molecule has 0 radical (unpaired) electrons. The number of carboxylic acid groups (broad SMARTS) is 1. The quantitative estimate of drug-likeness (QED) is 0.908. The van der Waals surface area contributed by atoms with Crippen LogP contribution in [0.15, 0.2) is 48.5 Å². The maximum atomic E-state index is 12.0. The van der Waals surface area contributed by atoms with Gasteiger partial charge in [-0.1, -0.05) is 18.2 Å². The Morgan fingerprint density at radius 2 is 1.75 bits per heavy atom. The first-order valence-corrected chi connectivity index (χ1v) is 5.87. The van der Waals surface area contributed by atoms with Crippen molar-refractivity contribution < 1.29 is 19.4 Å². The third-order valence-corrected chi connectivity index (χ3v) is 2.71. The lowest BCUT2D eigenvalue weighted by atomic mass is 10.1. The van der Waals surface area contributed by atoms with Crippen molar-refractivity contribution in [2.45, 2.75) is 0 Å². The zero-order chi connectivity index (χ0) is 14.5. The standard InChI is InChI=1S/C15H13NO4/c1-20-13-4-2-3-11(9-13)14(17)16-12-7-5-10(6-8-12)15(18)19/h2-9H,1H3,(H,16,17)(H,18,19)/p-1. The molecule has 2 rings (SSSR count). The normalized spacial score (nSPS) is 9.85. The molecular formula is C15H12NO4-. The van der Waals surface area contributed by atoms with Crippen molar-refractivity contribution in [1.82, 2.24) is 0 Å². The van der Waals surface area contributed by atoms with E-state index in [1.54, 1.807) is 24.3 Å². The van der Waals surface area contributed by atoms with Gasteiger partial charge in [0.2, 0.25) is 0 Å². The Balaban J connectivity index is 2.12. The second-order valence-electron chi connectivity index (χ2n) is 4.05. The van der Waals surface area contributed by atoms with Gasteiger partial charge >= 0.3 is 0 Å². The summed E-state index contributed by atoms with van der Waals surface area (Å²) < 4.78 is 5.05. The highest BCUT2D eigenvalue weighted by molar-refractivity contribution is 6.04. The Kier molecular flexibility index (Phi) is 4.00. The summed E-state index contributed by atoms with van der Waals surface area (Å²) in [4.78, 5) is 22.6. The predicted molar refractivity (Wildman–Crippen MR) is 71.7 cm³/mol. The minimum Gasteiger partial charge on any atom is -0.545 e. The van der Waals surface area contributed by atoms with E-state index < -0.39 is 5.97 Å². The smallest absolute Gasteiger partial charge is 0.255 e. The third-order valence-electron chi connectivity index (χ3n) is 2.71. The number of benzene rings is 2. The van der Waals surface area contributed by atoms with Gasteiger partial charge in [0, 0.05) is 11.3 Å². The van der Waals surface area contributed by atoms with Crippen LogP contribution in [0.25, 0.3) is 0 Å². The van der Waals surface area contributed by atoms with Crippen LogP contribution in [-0.4, -0.2) is 19.0 Å². The molecule has 0 saturated heterocycles. The molecule has 102 valence electrons. The minimum absolute atomic E-state index is 0.0596. The summed E-state index contributed by atoms with van der Waals surface area (Å²) >= 11 is 0. The molecule has 1 N–H and O–H groups in total. The molecule has 0 unspecified atom stereocenters. The average molecular weight is 270 g/mol. The van der Waals surface area contributed by atoms with E-state index in [1.165, 1.54) is 31.4 Å². The van der Waals surface area contributed by atoms with E-state index in [9.17, 15) is 14.7 Å². The Morgan fingerprint density at radius 1 is 1.05 bits per heavy atom. The van der Waals surface area contributed by atoms with Crippen molar-refractivity contribution >= 4 is 17.6 Å². The van der Waals surface area contributed by atoms with E-state index in [-0.39, 0.29) is 11.5 Å². The zero-order valence-corrected chi connectivity index (χ0v) is 10.8. The SMILES string of the molecule is COc1cccc(C(=O)Nc2ccc(C(=O)[O-])cc2)c1. The lowest BCUT2D eigenvalue weighted by molar-refractivity contribution is -0.255. The first-order chi connectivity index (χ1) is 9.60. The Labute approximate surface area is 115 Å². The molecule has 0 aliphatic rings. The highest BCUT2D eigenvalue weighted by Crippen LogP contribution is 2.15. The maximum absolute atomic E-state index is 12.0. The van der Waals surface area contributed by atoms with Crippen molar-refractivity contribution in [3.8, 4) is 5.75 Å². The van der Waals surface area contributed by atoms with Crippen LogP contribution in [0, 0.1) is 0 Å². The van der Waals surface area contributed by atoms with E-state index in [4.69, 9.17) is 4.74 Å². The lowest BCUT2D eigenvalue weighted by Gasteiger charge is -2.08. The topological polar surface area (TPSA) is 78.5 Å². The van der Waals surface area contributed by atoms with Gasteiger partial charge in [-0.2, -0.15) is 0 Å². The number of methoxy groups -OCH3 is 1. The van der Waals surface area contributed by atoms with Crippen molar-refractivity contribution in [1.29, 1.82) is 0 Å². The fraction of sp³-hybridized carbons (Fsp3) is 0.0667. The number of amides is 1. The molecule has 0 aliphatic carbocycles. The molecule has 2 aromatic carbocycles. The van der Waals surface area contributed by atoms with Crippen LogP contribution < -0.4 is 15.2 Å². The van der Waals surface area contributed by atoms with Crippen molar-refractivity contribution in [3.63, 3.8) is 0 Å². The van der Waals surface area contributed by atoms with Gasteiger partial charge in [-0.3, -0.25) is 4.79 Å². The first-order valence-electron chi connectivity index (χ1n) is 5.87. The maximum Gasteiger partial charge on any atom is 0.255 e. The predicted octanol–water partition coefficient (Wildman–Crippen LogP) is 1.31. The molecule has 0 aromatic heterocycles. The van der Waals surface area contributed by atoms with Gasteiger partial charge in [-0.15, -0.1) is 0 Å². The summed E-state index contributed by atoms with van der Waals surface area (Å²) in [6.45, 7) is 0. The fourth-order valence-corrected chi connectivity index (χ4v) is 1.66. The molecule has 0 fully saturated rings. The number of carboxylic acids is 1. The van der Waals surface area contributed by atoms with Crippen LogP contribution >= 0.6 is 0 Å². The molecule has 5 nitrogen and oxygen atoms in total. The Hall–Kier alpha value is -2.82. The van der Waals surface area contributed by atoms with Gasteiger partial charge in [0.15, 0.2) is 0 Å². The van der Waals surface area contributed by atoms with Gasteiger partial charge < -0.3 is 20.0 Å². The number of aromatic carboxylic acids is 1. The van der Waals surface area contributed by atoms with Crippen molar-refractivity contribution in [2.75, 3.05) is 12.4 Å². The number of hydrogen-bond acceptors (Lipinski definition) is 4. The minimum atomic E-state index is -1.25. The van der Waals surface area contributed by atoms with E-state index in [0.717, 1.165) is 0 Å². The molecule has 0 saturated carbocycles. The number of anilines is 1. The largest absolute Gasteiger partial charge is 0.545 e. The van der Waals surface area contributed by atoms with Crippen LogP contribution in [0.1, 0.15) is 20.7 Å². The molecule has 2 aromatic rings. The number of rotatable bonds is 4. The summed E-state index contributed by atoms with van der Waals surface area (Å²) in [7, 11) is 1.52. The van der Waals surface area contributed by atoms with E-state index in [1.807, 2.05) is 0 Å². The van der Waals surface area contributed by atoms with Crippen molar-refractivity contribution in [3.05, 3.63) is 59.7 Å². The van der Waals surface area contributed by atoms with E-state index in [2.05, 4.69) is 5.32 Å². The van der Waals surface area contributed by atoms with Crippen LogP contribution in [0.5, 0.6) is 5.75 Å². The molecule has 5 heteroatoms. The molecule has 0 aliphatic heterocycles. The third kappa shape index (κ3) is 3.14. The summed E-state index contributed by atoms with van der Waals surface area (Å²) in [6.07, 6.45) is 0. The zero-order valence-electron chi connectivity index (χ0n) is 10.8. The number of hydrogen-bond donors (Lipinski definition) is 1. The molecule has 0 bridgehead atoms. The highest BCUT2D eigenvalue weighted by Gasteiger charge is 2.07. The molecule has 0 heterocycles. The summed E-state index contributed by atoms with van der Waals surface area (Å²) in [6, 6.07) is 12.5. The molecule has 0 spiro atoms. The highest BCUT2D eigenvalue weighted by atomic mass is 16.5. The van der Waals surface area contributed by atoms with E-state index >= 15 is 0 Å². The Morgan fingerprint density at radius 3 is 2.35 bits per heavy atom. The van der Waals surface area contributed by atoms with Crippen LogP contribution in [0.4, 0.5) is 5.69 Å². The molecular weight excluding hydrogens is 258 g/mol. The number of carbonyl (C=O) groups excluding carboxylic acids is 2. The van der Waals surface area contributed by atoms with Crippen LogP contribution in [0.2, 0.25) is 0 Å². The molecule has 1 amide bonds. The van der Waals surface area contributed by atoms with Crippen LogP contribution in [0.3, 0.4) is 0 Å². The number of ether oxygens (including phenoxy) is 1. The monoisotopic (exact) mass is 270 g/mol. The summed E-state index contributed by atoms with van der Waals surface area (Å²) in [5.74, 6) is -0.967. The summed E-state index contributed by atoms with van der Waals surface area (Å²) in [5, 5.41) is 13.3. The van der Waals surface area contributed by atoms with Crippen LogP contribution in [-0.2, 0) is 0 Å². The van der Waals surface area contributed by atoms with Gasteiger partial charge in [0.05, 0.1) is 13.1 Å². The van der Waals surface area contributed by atoms with Crippen molar-refractivity contribution in [2.24, 2.45) is 0 Å². The van der Waals surface area contributed by atoms with Gasteiger partial charge in [0.1, 0.15) is 5.75 Å². The first kappa shape index (κ1) is 13.6. The molecule has 20 heavy (non-hydrogen) atoms. The second-order valence-corrected chi connectivity index (χ2v) is 4.05. The molecule has 0 atom stereocenters. The van der Waals surface area contributed by atoms with E-state index in [0.29, 0.717) is 17.0 Å². The number of carbonyl (C=O) groups is 2. The number of nitrogens with one attached hydrogen (secondary N) is 1. The van der Waals surface area contributed by atoms with Gasteiger partial charge in [-0.05, 0) is 35.9 Å². The Bertz CT molecular complexity index is 635. The average Bonchev–Trinajstić information content (AvgIpc) is 2.47. The second kappa shape index (κ2) is 5.88.